The van der Waals surface area contributed by atoms with E-state index < -0.39 is 0 Å². The number of amidine groups is 1. The van der Waals surface area contributed by atoms with E-state index in [1.165, 1.54) is 24.3 Å². The molecular weight excluding hydrogens is 328 g/mol. The molecule has 0 fully saturated rings. The third kappa shape index (κ3) is 7.11. The molecule has 0 unspecified atom stereocenters. The summed E-state index contributed by atoms with van der Waals surface area (Å²) in [7, 11) is 0. The molecule has 0 bridgehead atoms. The second-order valence-electron chi connectivity index (χ2n) is 4.38. The number of hydrogen-bond donors (Lipinski definition) is 1. The average molecular weight is 346 g/mol. The van der Waals surface area contributed by atoms with Crippen molar-refractivity contribution in [2.75, 3.05) is 5.32 Å². The van der Waals surface area contributed by atoms with Crippen LogP contribution in [0.3, 0.4) is 0 Å². The minimum atomic E-state index is -0.293. The van der Waals surface area contributed by atoms with Crippen LogP contribution in [-0.2, 0) is 0 Å². The molecule has 0 aliphatic heterocycles. The zero-order valence-corrected chi connectivity index (χ0v) is 14.8. The van der Waals surface area contributed by atoms with E-state index in [2.05, 4.69) is 21.3 Å². The van der Waals surface area contributed by atoms with Gasteiger partial charge in [0.2, 0.25) is 0 Å². The van der Waals surface area contributed by atoms with Crippen LogP contribution in [0, 0.1) is 11.6 Å². The average Bonchev–Trinajstić information content (AvgIpc) is 2.45. The topological polar surface area (TPSA) is 24.4 Å². The van der Waals surface area contributed by atoms with Crippen molar-refractivity contribution in [3.63, 3.8) is 0 Å². The SMILES string of the molecule is CC(=Nc1ccc(F)cc1)Nc1ccc(F)cc1.[CH3][Ga][CH3]. The molecule has 0 saturated carbocycles. The first-order valence-electron chi connectivity index (χ1n) is 6.62. The first-order chi connectivity index (χ1) is 10.0. The Bertz CT molecular complexity index is 566. The minimum absolute atomic E-state index is 0.284. The number of nitrogens with one attached hydrogen (secondary N) is 1. The van der Waals surface area contributed by atoms with Crippen LogP contribution in [0.2, 0.25) is 11.0 Å². The number of halogens is 2. The summed E-state index contributed by atoms with van der Waals surface area (Å²) in [6.07, 6.45) is 0. The molecule has 2 rings (SSSR count). The molecule has 0 spiro atoms. The monoisotopic (exact) mass is 345 g/mol. The molecule has 2 nitrogen and oxygen atoms in total. The molecule has 0 aliphatic rings. The van der Waals surface area contributed by atoms with E-state index in [9.17, 15) is 8.78 Å². The van der Waals surface area contributed by atoms with E-state index in [4.69, 9.17) is 0 Å². The number of benzene rings is 2. The van der Waals surface area contributed by atoms with Gasteiger partial charge < -0.3 is 5.32 Å². The van der Waals surface area contributed by atoms with Crippen LogP contribution < -0.4 is 5.32 Å². The van der Waals surface area contributed by atoms with Crippen molar-refractivity contribution in [1.82, 2.24) is 0 Å². The van der Waals surface area contributed by atoms with Crippen LogP contribution in [0.1, 0.15) is 6.92 Å². The molecule has 1 radical (unpaired) electrons. The van der Waals surface area contributed by atoms with Crippen LogP contribution in [0.5, 0.6) is 0 Å². The van der Waals surface area contributed by atoms with Gasteiger partial charge in [0.05, 0.1) is 5.69 Å². The number of aliphatic imine (C=N–C) groups is 1. The summed E-state index contributed by atoms with van der Waals surface area (Å²) in [6.45, 7) is 1.78. The van der Waals surface area contributed by atoms with Gasteiger partial charge in [0.25, 0.3) is 0 Å². The van der Waals surface area contributed by atoms with E-state index in [1.807, 2.05) is 0 Å². The summed E-state index contributed by atoms with van der Waals surface area (Å²) in [5.41, 5.74) is 5.97. The van der Waals surface area contributed by atoms with Gasteiger partial charge in [0.15, 0.2) is 0 Å². The van der Waals surface area contributed by atoms with Gasteiger partial charge in [0, 0.05) is 5.69 Å². The molecule has 2 aromatic carbocycles. The number of anilines is 1. The fourth-order valence-electron chi connectivity index (χ4n) is 1.48. The predicted octanol–water partition coefficient (Wildman–Crippen LogP) is 4.91. The van der Waals surface area contributed by atoms with Gasteiger partial charge in [-0.15, -0.1) is 0 Å². The Balaban J connectivity index is 0.000000677. The van der Waals surface area contributed by atoms with Gasteiger partial charge in [-0.25, -0.2) is 13.8 Å². The Hall–Kier alpha value is -1.59. The van der Waals surface area contributed by atoms with Crippen molar-refractivity contribution in [3.8, 4) is 0 Å². The van der Waals surface area contributed by atoms with Crippen molar-refractivity contribution in [2.45, 2.75) is 17.9 Å². The van der Waals surface area contributed by atoms with E-state index in [-0.39, 0.29) is 11.6 Å². The van der Waals surface area contributed by atoms with Gasteiger partial charge in [-0.3, -0.25) is 0 Å². The standard InChI is InChI=1S/C14H12F2N2.2CH3.Ga/c1-10(17-13-6-2-11(15)3-7-13)18-14-8-4-12(16)5-9-14;;;/h2-9H,1H3,(H,17,18);2*1H3;. The molecule has 0 amide bonds. The third-order valence-corrected chi connectivity index (χ3v) is 2.29. The Labute approximate surface area is 132 Å². The van der Waals surface area contributed by atoms with Gasteiger partial charge >= 0.3 is 28.4 Å². The molecule has 5 heteroatoms. The van der Waals surface area contributed by atoms with Crippen LogP contribution in [0.15, 0.2) is 53.5 Å². The first kappa shape index (κ1) is 17.5. The molecule has 0 atom stereocenters. The van der Waals surface area contributed by atoms with E-state index in [0.29, 0.717) is 28.9 Å². The van der Waals surface area contributed by atoms with Gasteiger partial charge in [-0.05, 0) is 55.5 Å². The zero-order chi connectivity index (χ0) is 15.7. The number of rotatable bonds is 2. The molecule has 1 N–H and O–H groups in total. The normalized spacial score (nSPS) is 10.4. The molecule has 0 saturated heterocycles. The van der Waals surface area contributed by atoms with Gasteiger partial charge in [-0.2, -0.15) is 0 Å². The van der Waals surface area contributed by atoms with Crippen molar-refractivity contribution >= 4 is 34.6 Å². The molecule has 0 heterocycles. The van der Waals surface area contributed by atoms with Crippen LogP contribution in [-0.4, -0.2) is 23.2 Å². The quantitative estimate of drug-likeness (QED) is 0.466. The molecule has 0 aromatic heterocycles. The molecule has 109 valence electrons. The Kier molecular flexibility index (Phi) is 7.78. The fourth-order valence-corrected chi connectivity index (χ4v) is 1.48. The number of hydrogen-bond acceptors (Lipinski definition) is 1. The van der Waals surface area contributed by atoms with Crippen molar-refractivity contribution < 1.29 is 8.78 Å². The van der Waals surface area contributed by atoms with Gasteiger partial charge in [-0.1, -0.05) is 0 Å². The van der Waals surface area contributed by atoms with Crippen LogP contribution in [0.25, 0.3) is 0 Å². The summed E-state index contributed by atoms with van der Waals surface area (Å²) < 4.78 is 25.4. The maximum atomic E-state index is 12.7. The zero-order valence-electron chi connectivity index (χ0n) is 12.4. The third-order valence-electron chi connectivity index (χ3n) is 2.29. The second kappa shape index (κ2) is 9.36. The summed E-state index contributed by atoms with van der Waals surface area (Å²) in [5, 5.41) is 3.02. The summed E-state index contributed by atoms with van der Waals surface area (Å²) in [5.74, 6) is 0.0694. The fraction of sp³-hybridized carbons (Fsp3) is 0.188. The summed E-state index contributed by atoms with van der Waals surface area (Å²) >= 11 is 0.312. The Morgan fingerprint density at radius 1 is 0.905 bits per heavy atom. The second-order valence-corrected chi connectivity index (χ2v) is 6.81. The van der Waals surface area contributed by atoms with Crippen LogP contribution >= 0.6 is 0 Å². The van der Waals surface area contributed by atoms with Crippen LogP contribution in [0.4, 0.5) is 20.2 Å². The molecule has 2 aromatic rings. The van der Waals surface area contributed by atoms with Gasteiger partial charge in [0.1, 0.15) is 17.5 Å². The predicted molar refractivity (Wildman–Crippen MR) is 86.7 cm³/mol. The van der Waals surface area contributed by atoms with Crippen molar-refractivity contribution in [1.29, 1.82) is 0 Å². The molecule has 21 heavy (non-hydrogen) atoms. The van der Waals surface area contributed by atoms with Crippen molar-refractivity contribution in [3.05, 3.63) is 60.2 Å². The number of nitrogens with zero attached hydrogens (tertiary/aromatic N) is 1. The van der Waals surface area contributed by atoms with E-state index in [1.54, 1.807) is 31.2 Å². The Morgan fingerprint density at radius 2 is 1.33 bits per heavy atom. The van der Waals surface area contributed by atoms with Crippen molar-refractivity contribution in [2.24, 2.45) is 4.99 Å². The first-order valence-corrected chi connectivity index (χ1v) is 11.5. The summed E-state index contributed by atoms with van der Waals surface area (Å²) in [6, 6.07) is 11.9. The Morgan fingerprint density at radius 3 is 1.81 bits per heavy atom. The van der Waals surface area contributed by atoms with E-state index >= 15 is 0 Å². The van der Waals surface area contributed by atoms with E-state index in [0.717, 1.165) is 5.69 Å². The summed E-state index contributed by atoms with van der Waals surface area (Å²) in [4.78, 5) is 4.26. The molecular formula is C16H18F2GaN2. The maximum absolute atomic E-state index is 12.7. The molecule has 0 aliphatic carbocycles.